The molecule has 7 heteroatoms. The first-order valence-electron chi connectivity index (χ1n) is 10.8. The highest BCUT2D eigenvalue weighted by Gasteiger charge is 2.25. The monoisotopic (exact) mass is 558 g/mol. The van der Waals surface area contributed by atoms with Crippen molar-refractivity contribution in [2.24, 2.45) is 0 Å². The van der Waals surface area contributed by atoms with Crippen LogP contribution in [-0.2, 0) is 11.2 Å². The van der Waals surface area contributed by atoms with Crippen molar-refractivity contribution in [2.75, 3.05) is 31.2 Å². The fourth-order valence-electron chi connectivity index (χ4n) is 3.77. The van der Waals surface area contributed by atoms with Crippen LogP contribution in [0.2, 0.25) is 5.02 Å². The zero-order valence-electron chi connectivity index (χ0n) is 17.9. The van der Waals surface area contributed by atoms with Gasteiger partial charge < -0.3 is 25.2 Å². The van der Waals surface area contributed by atoms with Crippen LogP contribution in [0.25, 0.3) is 0 Å². The number of alkyl halides is 1. The van der Waals surface area contributed by atoms with Crippen LogP contribution < -0.4 is 15.4 Å². The van der Waals surface area contributed by atoms with Crippen LogP contribution in [0.15, 0.2) is 48.5 Å². The van der Waals surface area contributed by atoms with Crippen molar-refractivity contribution >= 4 is 34.2 Å². The predicted octanol–water partition coefficient (Wildman–Crippen LogP) is 4.16. The maximum Gasteiger partial charge on any atom is 0.119 e. The van der Waals surface area contributed by atoms with Gasteiger partial charge in [-0.15, -0.1) is 0 Å². The Morgan fingerprint density at radius 3 is 2.68 bits per heavy atom. The molecular formula is C24H32ClIN2O3. The van der Waals surface area contributed by atoms with E-state index in [0.717, 1.165) is 41.5 Å². The average molecular weight is 559 g/mol. The largest absolute Gasteiger partial charge is 0.491 e. The van der Waals surface area contributed by atoms with E-state index in [9.17, 15) is 5.11 Å². The molecule has 0 spiro atoms. The number of hydrogen-bond donors (Lipinski definition) is 3. The maximum atomic E-state index is 10.4. The van der Waals surface area contributed by atoms with Gasteiger partial charge in [-0.1, -0.05) is 58.5 Å². The second-order valence-electron chi connectivity index (χ2n) is 8.00. The summed E-state index contributed by atoms with van der Waals surface area (Å²) in [6, 6.07) is 15.9. The zero-order chi connectivity index (χ0) is 22.1. The van der Waals surface area contributed by atoms with Gasteiger partial charge >= 0.3 is 0 Å². The first kappa shape index (κ1) is 24.7. The van der Waals surface area contributed by atoms with Crippen LogP contribution in [-0.4, -0.2) is 54.5 Å². The number of hydrogen-bond acceptors (Lipinski definition) is 5. The van der Waals surface area contributed by atoms with E-state index in [2.05, 4.69) is 45.4 Å². The topological polar surface area (TPSA) is 62.8 Å². The fraction of sp³-hybridized carbons (Fsp3) is 0.500. The molecule has 0 bridgehead atoms. The Hall–Kier alpha value is -0.900. The van der Waals surface area contributed by atoms with E-state index in [1.54, 1.807) is 0 Å². The van der Waals surface area contributed by atoms with Crippen LogP contribution in [0, 0.1) is 0 Å². The fourth-order valence-corrected chi connectivity index (χ4v) is 4.59. The van der Waals surface area contributed by atoms with Crippen molar-refractivity contribution in [2.45, 2.75) is 43.6 Å². The summed E-state index contributed by atoms with van der Waals surface area (Å²) in [6.07, 6.45) is 2.93. The summed E-state index contributed by atoms with van der Waals surface area (Å²) in [4.78, 5) is 0. The molecule has 0 radical (unpaired) electrons. The second kappa shape index (κ2) is 13.0. The lowest BCUT2D eigenvalue weighted by Crippen LogP contribution is -2.35. The molecule has 5 nitrogen and oxygen atoms in total. The second-order valence-corrected chi connectivity index (χ2v) is 9.32. The van der Waals surface area contributed by atoms with Crippen LogP contribution in [0.5, 0.6) is 5.75 Å². The first-order chi connectivity index (χ1) is 15.1. The van der Waals surface area contributed by atoms with Crippen LogP contribution in [0.1, 0.15) is 30.1 Å². The zero-order valence-corrected chi connectivity index (χ0v) is 20.8. The maximum absolute atomic E-state index is 10.4. The van der Waals surface area contributed by atoms with E-state index in [1.165, 1.54) is 5.56 Å². The summed E-state index contributed by atoms with van der Waals surface area (Å²) < 4.78 is 12.9. The summed E-state index contributed by atoms with van der Waals surface area (Å²) in [5.41, 5.74) is 2.07. The molecule has 1 aliphatic rings. The molecule has 3 N–H and O–H groups in total. The van der Waals surface area contributed by atoms with Gasteiger partial charge in [0.15, 0.2) is 0 Å². The summed E-state index contributed by atoms with van der Waals surface area (Å²) in [7, 11) is 1.95. The van der Waals surface area contributed by atoms with E-state index in [4.69, 9.17) is 21.1 Å². The number of halogens is 2. The molecule has 2 aromatic rings. The average Bonchev–Trinajstić information content (AvgIpc) is 3.23. The van der Waals surface area contributed by atoms with Crippen LogP contribution in [0.4, 0.5) is 0 Å². The molecule has 0 saturated carbocycles. The molecule has 1 aliphatic heterocycles. The molecule has 4 unspecified atom stereocenters. The Morgan fingerprint density at radius 1 is 1.19 bits per heavy atom. The lowest BCUT2D eigenvalue weighted by molar-refractivity contribution is 0.0193. The summed E-state index contributed by atoms with van der Waals surface area (Å²) >= 11 is 8.41. The van der Waals surface area contributed by atoms with Crippen molar-refractivity contribution in [3.63, 3.8) is 0 Å². The number of ether oxygens (including phenoxy) is 2. The third-order valence-corrected chi connectivity index (χ3v) is 6.79. The van der Waals surface area contributed by atoms with Crippen molar-refractivity contribution in [1.29, 1.82) is 0 Å². The third kappa shape index (κ3) is 8.18. The Morgan fingerprint density at radius 2 is 1.97 bits per heavy atom. The lowest BCUT2D eigenvalue weighted by Gasteiger charge is -2.20. The summed E-state index contributed by atoms with van der Waals surface area (Å²) in [5.74, 6) is 0.875. The highest BCUT2D eigenvalue weighted by molar-refractivity contribution is 14.1. The number of aliphatic hydroxyl groups excluding tert-OH is 1. The normalized spacial score (nSPS) is 20.5. The van der Waals surface area contributed by atoms with Gasteiger partial charge in [0.25, 0.3) is 0 Å². The molecule has 1 fully saturated rings. The Balaban J connectivity index is 1.42. The number of nitrogens with one attached hydrogen (secondary N) is 2. The summed E-state index contributed by atoms with van der Waals surface area (Å²) in [6.45, 7) is 1.98. The Bertz CT molecular complexity index is 793. The molecule has 1 saturated heterocycles. The third-order valence-electron chi connectivity index (χ3n) is 5.49. The van der Waals surface area contributed by atoms with Gasteiger partial charge in [-0.25, -0.2) is 0 Å². The number of rotatable bonds is 12. The smallest absolute Gasteiger partial charge is 0.119 e. The molecule has 0 aromatic heterocycles. The van der Waals surface area contributed by atoms with Crippen LogP contribution >= 0.6 is 34.2 Å². The molecule has 4 atom stereocenters. The standard InChI is InChI=1S/C24H32ClIN2O3/c1-27-14-22-9-10-23(31-22)16-30-21-7-5-17(6-8-21)11-20(13-26)28-15-24(29)18-3-2-4-19(25)12-18/h2-8,12,20,22-24,27-29H,9-11,13-16H2,1H3. The molecule has 170 valence electrons. The Labute approximate surface area is 204 Å². The minimum absolute atomic E-state index is 0.177. The minimum atomic E-state index is -0.578. The van der Waals surface area contributed by atoms with Gasteiger partial charge in [0, 0.05) is 28.6 Å². The minimum Gasteiger partial charge on any atom is -0.491 e. The van der Waals surface area contributed by atoms with Gasteiger partial charge in [-0.3, -0.25) is 0 Å². The number of aliphatic hydroxyl groups is 1. The van der Waals surface area contributed by atoms with E-state index >= 15 is 0 Å². The van der Waals surface area contributed by atoms with Crippen molar-refractivity contribution in [3.05, 3.63) is 64.7 Å². The van der Waals surface area contributed by atoms with Gasteiger partial charge in [0.2, 0.25) is 0 Å². The Kier molecular flexibility index (Phi) is 10.3. The van der Waals surface area contributed by atoms with E-state index < -0.39 is 6.10 Å². The van der Waals surface area contributed by atoms with Gasteiger partial charge in [-0.05, 0) is 61.7 Å². The van der Waals surface area contributed by atoms with Crippen molar-refractivity contribution in [3.8, 4) is 5.75 Å². The van der Waals surface area contributed by atoms with E-state index in [1.807, 2.05) is 43.4 Å². The van der Waals surface area contributed by atoms with E-state index in [0.29, 0.717) is 24.3 Å². The molecular weight excluding hydrogens is 527 g/mol. The van der Waals surface area contributed by atoms with Crippen LogP contribution in [0.3, 0.4) is 0 Å². The first-order valence-corrected chi connectivity index (χ1v) is 12.7. The molecule has 0 amide bonds. The highest BCUT2D eigenvalue weighted by atomic mass is 127. The number of benzene rings is 2. The van der Waals surface area contributed by atoms with Crippen molar-refractivity contribution in [1.82, 2.24) is 10.6 Å². The van der Waals surface area contributed by atoms with Gasteiger partial charge in [0.05, 0.1) is 18.3 Å². The van der Waals surface area contributed by atoms with Gasteiger partial charge in [0.1, 0.15) is 12.4 Å². The molecule has 31 heavy (non-hydrogen) atoms. The van der Waals surface area contributed by atoms with Gasteiger partial charge in [-0.2, -0.15) is 0 Å². The molecule has 1 heterocycles. The quantitative estimate of drug-likeness (QED) is 0.270. The van der Waals surface area contributed by atoms with Crippen molar-refractivity contribution < 1.29 is 14.6 Å². The summed E-state index contributed by atoms with van der Waals surface area (Å²) in [5, 5.41) is 17.7. The molecule has 0 aliphatic carbocycles. The molecule has 2 aromatic carbocycles. The number of likely N-dealkylation sites (N-methyl/N-ethyl adjacent to an activating group) is 1. The van der Waals surface area contributed by atoms with E-state index in [-0.39, 0.29) is 12.1 Å². The lowest BCUT2D eigenvalue weighted by atomic mass is 10.1. The predicted molar refractivity (Wildman–Crippen MR) is 135 cm³/mol. The molecule has 3 rings (SSSR count). The highest BCUT2D eigenvalue weighted by Crippen LogP contribution is 2.22. The SMILES string of the molecule is CNCC1CCC(COc2ccc(CC(CI)NCC(O)c3cccc(Cl)c3)cc2)O1.